The molecule has 0 saturated carbocycles. The second kappa shape index (κ2) is 5.44. The van der Waals surface area contributed by atoms with Crippen LogP contribution in [-0.4, -0.2) is 7.11 Å². The highest BCUT2D eigenvalue weighted by Gasteiger charge is 2.12. The SMILES string of the molecule is COc1c(CCl)ccc(-c2ccccc2)c1Cl. The Labute approximate surface area is 111 Å². The van der Waals surface area contributed by atoms with E-state index in [0.29, 0.717) is 16.7 Å². The molecule has 0 aliphatic carbocycles. The fraction of sp³-hybridized carbons (Fsp3) is 0.143. The van der Waals surface area contributed by atoms with Crippen molar-refractivity contribution in [3.05, 3.63) is 53.1 Å². The Morgan fingerprint density at radius 3 is 2.35 bits per heavy atom. The van der Waals surface area contributed by atoms with E-state index >= 15 is 0 Å². The summed E-state index contributed by atoms with van der Waals surface area (Å²) in [4.78, 5) is 0. The number of ether oxygens (including phenoxy) is 1. The van der Waals surface area contributed by atoms with Crippen LogP contribution in [0, 0.1) is 0 Å². The molecule has 0 fully saturated rings. The molecule has 0 spiro atoms. The van der Waals surface area contributed by atoms with Gasteiger partial charge in [-0.25, -0.2) is 0 Å². The summed E-state index contributed by atoms with van der Waals surface area (Å²) in [7, 11) is 1.60. The first-order chi connectivity index (χ1) is 8.27. The zero-order valence-corrected chi connectivity index (χ0v) is 10.9. The average Bonchev–Trinajstić information content (AvgIpc) is 2.39. The molecule has 0 radical (unpaired) electrons. The minimum Gasteiger partial charge on any atom is -0.495 e. The first-order valence-corrected chi connectivity index (χ1v) is 6.16. The monoisotopic (exact) mass is 266 g/mol. The van der Waals surface area contributed by atoms with Crippen LogP contribution in [0.3, 0.4) is 0 Å². The Balaban J connectivity index is 2.57. The minimum atomic E-state index is 0.387. The van der Waals surface area contributed by atoms with Crippen molar-refractivity contribution >= 4 is 23.2 Å². The van der Waals surface area contributed by atoms with E-state index in [-0.39, 0.29) is 0 Å². The van der Waals surface area contributed by atoms with Gasteiger partial charge >= 0.3 is 0 Å². The topological polar surface area (TPSA) is 9.23 Å². The number of alkyl halides is 1. The van der Waals surface area contributed by atoms with Crippen molar-refractivity contribution < 1.29 is 4.74 Å². The van der Waals surface area contributed by atoms with Crippen molar-refractivity contribution in [3.8, 4) is 16.9 Å². The summed E-state index contributed by atoms with van der Waals surface area (Å²) in [6, 6.07) is 13.9. The van der Waals surface area contributed by atoms with Gasteiger partial charge in [0.1, 0.15) is 5.75 Å². The normalized spacial score (nSPS) is 10.3. The highest BCUT2D eigenvalue weighted by molar-refractivity contribution is 6.35. The van der Waals surface area contributed by atoms with E-state index in [0.717, 1.165) is 16.7 Å². The van der Waals surface area contributed by atoms with Crippen molar-refractivity contribution in [2.45, 2.75) is 5.88 Å². The Kier molecular flexibility index (Phi) is 3.93. The van der Waals surface area contributed by atoms with Gasteiger partial charge < -0.3 is 4.74 Å². The van der Waals surface area contributed by atoms with Gasteiger partial charge in [0.05, 0.1) is 18.0 Å². The van der Waals surface area contributed by atoms with Gasteiger partial charge in [0.25, 0.3) is 0 Å². The summed E-state index contributed by atoms with van der Waals surface area (Å²) < 4.78 is 5.31. The third-order valence-electron chi connectivity index (χ3n) is 2.61. The lowest BCUT2D eigenvalue weighted by Gasteiger charge is -2.12. The molecule has 2 aromatic rings. The molecule has 3 heteroatoms. The summed E-state index contributed by atoms with van der Waals surface area (Å²) in [6.07, 6.45) is 0. The van der Waals surface area contributed by atoms with Crippen LogP contribution in [0.2, 0.25) is 5.02 Å². The van der Waals surface area contributed by atoms with Crippen LogP contribution in [0.1, 0.15) is 5.56 Å². The molecule has 0 atom stereocenters. The minimum absolute atomic E-state index is 0.387. The van der Waals surface area contributed by atoms with E-state index in [4.69, 9.17) is 27.9 Å². The maximum atomic E-state index is 6.34. The first kappa shape index (κ1) is 12.3. The lowest BCUT2D eigenvalue weighted by Crippen LogP contribution is -1.92. The van der Waals surface area contributed by atoms with E-state index in [2.05, 4.69) is 0 Å². The van der Waals surface area contributed by atoms with Crippen LogP contribution in [0.4, 0.5) is 0 Å². The molecule has 88 valence electrons. The van der Waals surface area contributed by atoms with E-state index in [1.165, 1.54) is 0 Å². The molecule has 17 heavy (non-hydrogen) atoms. The Bertz CT molecular complexity index is 509. The Morgan fingerprint density at radius 2 is 1.76 bits per heavy atom. The maximum absolute atomic E-state index is 6.34. The summed E-state index contributed by atoms with van der Waals surface area (Å²) >= 11 is 12.2. The molecule has 2 rings (SSSR count). The number of benzene rings is 2. The van der Waals surface area contributed by atoms with Gasteiger partial charge in [0, 0.05) is 11.1 Å². The van der Waals surface area contributed by atoms with Gasteiger partial charge in [-0.2, -0.15) is 0 Å². The fourth-order valence-corrected chi connectivity index (χ4v) is 2.34. The molecule has 0 amide bonds. The zero-order valence-electron chi connectivity index (χ0n) is 9.41. The summed E-state index contributed by atoms with van der Waals surface area (Å²) in [5, 5.41) is 0.608. The van der Waals surface area contributed by atoms with Crippen LogP contribution in [-0.2, 0) is 5.88 Å². The van der Waals surface area contributed by atoms with E-state index in [1.54, 1.807) is 7.11 Å². The number of rotatable bonds is 3. The van der Waals surface area contributed by atoms with Crippen molar-refractivity contribution in [1.29, 1.82) is 0 Å². The van der Waals surface area contributed by atoms with Crippen molar-refractivity contribution in [2.75, 3.05) is 7.11 Å². The fourth-order valence-electron chi connectivity index (χ4n) is 1.76. The third-order valence-corrected chi connectivity index (χ3v) is 3.27. The Morgan fingerprint density at radius 1 is 1.06 bits per heavy atom. The second-order valence-electron chi connectivity index (χ2n) is 3.62. The van der Waals surface area contributed by atoms with Gasteiger partial charge in [-0.3, -0.25) is 0 Å². The summed E-state index contributed by atoms with van der Waals surface area (Å²) in [5.41, 5.74) is 2.92. The van der Waals surface area contributed by atoms with Gasteiger partial charge in [-0.15, -0.1) is 11.6 Å². The van der Waals surface area contributed by atoms with Gasteiger partial charge in [0.2, 0.25) is 0 Å². The lowest BCUT2D eigenvalue weighted by molar-refractivity contribution is 0.411. The molecule has 0 heterocycles. The molecule has 0 aliphatic rings. The smallest absolute Gasteiger partial charge is 0.142 e. The van der Waals surface area contributed by atoms with Crippen LogP contribution in [0.5, 0.6) is 5.75 Å². The predicted molar refractivity (Wildman–Crippen MR) is 73.0 cm³/mol. The molecule has 0 saturated heterocycles. The average molecular weight is 267 g/mol. The van der Waals surface area contributed by atoms with Gasteiger partial charge in [-0.05, 0) is 5.56 Å². The molecule has 0 N–H and O–H groups in total. The van der Waals surface area contributed by atoms with Crippen molar-refractivity contribution in [1.82, 2.24) is 0 Å². The van der Waals surface area contributed by atoms with Crippen molar-refractivity contribution in [2.24, 2.45) is 0 Å². The second-order valence-corrected chi connectivity index (χ2v) is 4.26. The summed E-state index contributed by atoms with van der Waals surface area (Å²) in [5.74, 6) is 1.04. The number of hydrogen-bond acceptors (Lipinski definition) is 1. The third kappa shape index (κ3) is 2.41. The zero-order chi connectivity index (χ0) is 12.3. The standard InChI is InChI=1S/C14H12Cl2O/c1-17-14-11(9-15)7-8-12(13(14)16)10-5-3-2-4-6-10/h2-8H,9H2,1H3. The molecule has 0 unspecified atom stereocenters. The molecule has 1 nitrogen and oxygen atoms in total. The summed E-state index contributed by atoms with van der Waals surface area (Å²) in [6.45, 7) is 0. The lowest BCUT2D eigenvalue weighted by atomic mass is 10.0. The molecular weight excluding hydrogens is 255 g/mol. The molecule has 2 aromatic carbocycles. The molecule has 0 aromatic heterocycles. The van der Waals surface area contributed by atoms with Crippen LogP contribution < -0.4 is 4.74 Å². The molecule has 0 bridgehead atoms. The number of halogens is 2. The van der Waals surface area contributed by atoms with E-state index in [9.17, 15) is 0 Å². The Hall–Kier alpha value is -1.18. The van der Waals surface area contributed by atoms with Crippen LogP contribution >= 0.6 is 23.2 Å². The quantitative estimate of drug-likeness (QED) is 0.729. The van der Waals surface area contributed by atoms with Gasteiger partial charge in [0.15, 0.2) is 0 Å². The first-order valence-electron chi connectivity index (χ1n) is 5.24. The number of hydrogen-bond donors (Lipinski definition) is 0. The van der Waals surface area contributed by atoms with Gasteiger partial charge in [-0.1, -0.05) is 54.1 Å². The van der Waals surface area contributed by atoms with Crippen molar-refractivity contribution in [3.63, 3.8) is 0 Å². The van der Waals surface area contributed by atoms with E-state index in [1.807, 2.05) is 42.5 Å². The van der Waals surface area contributed by atoms with Crippen LogP contribution in [0.25, 0.3) is 11.1 Å². The number of methoxy groups -OCH3 is 1. The highest BCUT2D eigenvalue weighted by atomic mass is 35.5. The molecular formula is C14H12Cl2O. The van der Waals surface area contributed by atoms with Crippen LogP contribution in [0.15, 0.2) is 42.5 Å². The molecule has 0 aliphatic heterocycles. The van der Waals surface area contributed by atoms with E-state index < -0.39 is 0 Å². The maximum Gasteiger partial charge on any atom is 0.142 e. The predicted octanol–water partition coefficient (Wildman–Crippen LogP) is 4.75. The highest BCUT2D eigenvalue weighted by Crippen LogP contribution is 2.38. The largest absolute Gasteiger partial charge is 0.495 e.